The van der Waals surface area contributed by atoms with E-state index in [1.54, 1.807) is 30.7 Å². The van der Waals surface area contributed by atoms with Crippen molar-refractivity contribution in [2.24, 2.45) is 12.8 Å². The molecule has 0 aliphatic rings. The fraction of sp³-hybridized carbons (Fsp3) is 0.250. The van der Waals surface area contributed by atoms with Gasteiger partial charge in [0, 0.05) is 23.7 Å². The van der Waals surface area contributed by atoms with Crippen LogP contribution in [0, 0.1) is 0 Å². The molecule has 0 amide bonds. The van der Waals surface area contributed by atoms with Crippen molar-refractivity contribution in [3.63, 3.8) is 0 Å². The number of hydrogen-bond donors (Lipinski definition) is 1. The Morgan fingerprint density at radius 1 is 1.38 bits per heavy atom. The Kier molecular flexibility index (Phi) is 2.74. The quantitative estimate of drug-likeness (QED) is 0.825. The first-order chi connectivity index (χ1) is 7.50. The summed E-state index contributed by atoms with van der Waals surface area (Å²) in [5.74, 6) is 0. The van der Waals surface area contributed by atoms with Crippen molar-refractivity contribution in [3.05, 3.63) is 45.2 Å². The maximum atomic E-state index is 12.0. The second-order valence-electron chi connectivity index (χ2n) is 3.96. The van der Waals surface area contributed by atoms with E-state index in [-0.39, 0.29) is 11.6 Å². The third-order valence-electron chi connectivity index (χ3n) is 2.71. The Bertz CT molecular complexity index is 602. The molecule has 0 aliphatic carbocycles. The molecule has 0 bridgehead atoms. The van der Waals surface area contributed by atoms with Crippen molar-refractivity contribution < 1.29 is 0 Å². The van der Waals surface area contributed by atoms with E-state index in [2.05, 4.69) is 0 Å². The van der Waals surface area contributed by atoms with Gasteiger partial charge >= 0.3 is 0 Å². The molecule has 1 aromatic heterocycles. The lowest BCUT2D eigenvalue weighted by molar-refractivity contribution is 0.772. The second-order valence-corrected chi connectivity index (χ2v) is 4.39. The number of nitrogens with two attached hydrogens (primary N) is 1. The minimum atomic E-state index is -0.265. The number of halogens is 1. The highest BCUT2D eigenvalue weighted by atomic mass is 35.5. The minimum absolute atomic E-state index is 0.0650. The van der Waals surface area contributed by atoms with Crippen LogP contribution in [0.5, 0.6) is 0 Å². The number of hydrogen-bond acceptors (Lipinski definition) is 2. The summed E-state index contributed by atoms with van der Waals surface area (Å²) < 4.78 is 1.58. The summed E-state index contributed by atoms with van der Waals surface area (Å²) in [5.41, 5.74) is 7.14. The monoisotopic (exact) mass is 236 g/mol. The lowest BCUT2D eigenvalue weighted by Gasteiger charge is -2.11. The van der Waals surface area contributed by atoms with Gasteiger partial charge in [-0.1, -0.05) is 17.7 Å². The Morgan fingerprint density at radius 2 is 2.06 bits per heavy atom. The molecule has 0 aliphatic heterocycles. The summed E-state index contributed by atoms with van der Waals surface area (Å²) in [4.78, 5) is 12.0. The molecule has 2 N–H and O–H groups in total. The van der Waals surface area contributed by atoms with Gasteiger partial charge in [-0.2, -0.15) is 0 Å². The highest BCUT2D eigenvalue weighted by Crippen LogP contribution is 2.19. The van der Waals surface area contributed by atoms with E-state index in [0.29, 0.717) is 10.6 Å². The molecule has 16 heavy (non-hydrogen) atoms. The number of benzene rings is 1. The molecule has 2 rings (SSSR count). The summed E-state index contributed by atoms with van der Waals surface area (Å²) in [6.07, 6.45) is 0. The van der Waals surface area contributed by atoms with Crippen LogP contribution in [0.25, 0.3) is 10.9 Å². The molecule has 1 unspecified atom stereocenters. The zero-order valence-electron chi connectivity index (χ0n) is 9.20. The van der Waals surface area contributed by atoms with Gasteiger partial charge in [0.2, 0.25) is 0 Å². The summed E-state index contributed by atoms with van der Waals surface area (Å²) >= 11 is 5.91. The van der Waals surface area contributed by atoms with E-state index in [0.717, 1.165) is 10.9 Å². The SMILES string of the molecule is CC(N)c1cc2ccc(Cl)cc2n(C)c1=O. The van der Waals surface area contributed by atoms with Crippen LogP contribution in [0.2, 0.25) is 5.02 Å². The maximum absolute atomic E-state index is 12.0. The van der Waals surface area contributed by atoms with E-state index in [9.17, 15) is 4.79 Å². The zero-order valence-corrected chi connectivity index (χ0v) is 9.95. The van der Waals surface area contributed by atoms with Crippen molar-refractivity contribution in [1.29, 1.82) is 0 Å². The van der Waals surface area contributed by atoms with Crippen molar-refractivity contribution in [2.45, 2.75) is 13.0 Å². The van der Waals surface area contributed by atoms with Crippen LogP contribution < -0.4 is 11.3 Å². The topological polar surface area (TPSA) is 48.0 Å². The van der Waals surface area contributed by atoms with Gasteiger partial charge < -0.3 is 10.3 Å². The largest absolute Gasteiger partial charge is 0.324 e. The van der Waals surface area contributed by atoms with E-state index in [1.165, 1.54) is 0 Å². The Morgan fingerprint density at radius 3 is 2.69 bits per heavy atom. The van der Waals surface area contributed by atoms with Gasteiger partial charge in [-0.3, -0.25) is 4.79 Å². The van der Waals surface area contributed by atoms with E-state index in [4.69, 9.17) is 17.3 Å². The van der Waals surface area contributed by atoms with Crippen molar-refractivity contribution in [2.75, 3.05) is 0 Å². The molecule has 1 heterocycles. The molecule has 0 saturated carbocycles. The predicted octanol–water partition coefficient (Wildman–Crippen LogP) is 2.21. The third kappa shape index (κ3) is 1.72. The number of aryl methyl sites for hydroxylation is 1. The fourth-order valence-electron chi connectivity index (χ4n) is 1.79. The molecule has 1 aromatic carbocycles. The molecule has 0 radical (unpaired) electrons. The predicted molar refractivity (Wildman–Crippen MR) is 66.8 cm³/mol. The fourth-order valence-corrected chi connectivity index (χ4v) is 1.95. The average Bonchev–Trinajstić information content (AvgIpc) is 2.23. The van der Waals surface area contributed by atoms with Crippen LogP contribution in [0.3, 0.4) is 0 Å². The molecule has 2 aromatic rings. The average molecular weight is 237 g/mol. The Hall–Kier alpha value is -1.32. The molecular formula is C12H13ClN2O. The number of rotatable bonds is 1. The van der Waals surface area contributed by atoms with Crippen molar-refractivity contribution in [1.82, 2.24) is 4.57 Å². The van der Waals surface area contributed by atoms with Crippen LogP contribution in [0.4, 0.5) is 0 Å². The van der Waals surface area contributed by atoms with Gasteiger partial charge in [-0.25, -0.2) is 0 Å². The summed E-state index contributed by atoms with van der Waals surface area (Å²) in [5, 5.41) is 1.59. The number of nitrogens with zero attached hydrogens (tertiary/aromatic N) is 1. The smallest absolute Gasteiger partial charge is 0.255 e. The van der Waals surface area contributed by atoms with Crippen LogP contribution in [-0.2, 0) is 7.05 Å². The lowest BCUT2D eigenvalue weighted by atomic mass is 10.1. The zero-order chi connectivity index (χ0) is 11.9. The third-order valence-corrected chi connectivity index (χ3v) is 2.94. The standard InChI is InChI=1S/C12H13ClN2O/c1-7(14)10-5-8-3-4-9(13)6-11(8)15(2)12(10)16/h3-7H,14H2,1-2H3. The number of aromatic nitrogens is 1. The molecular weight excluding hydrogens is 224 g/mol. The van der Waals surface area contributed by atoms with Crippen molar-refractivity contribution >= 4 is 22.5 Å². The summed E-state index contributed by atoms with van der Waals surface area (Å²) in [7, 11) is 1.73. The van der Waals surface area contributed by atoms with Crippen LogP contribution in [0.1, 0.15) is 18.5 Å². The van der Waals surface area contributed by atoms with Crippen LogP contribution in [0.15, 0.2) is 29.1 Å². The lowest BCUT2D eigenvalue weighted by Crippen LogP contribution is -2.25. The molecule has 3 nitrogen and oxygen atoms in total. The Labute approximate surface area is 98.4 Å². The molecule has 84 valence electrons. The number of fused-ring (bicyclic) bond motifs is 1. The van der Waals surface area contributed by atoms with Gasteiger partial charge in [0.15, 0.2) is 0 Å². The van der Waals surface area contributed by atoms with Crippen molar-refractivity contribution in [3.8, 4) is 0 Å². The highest BCUT2D eigenvalue weighted by Gasteiger charge is 2.09. The second kappa shape index (κ2) is 3.92. The van der Waals surface area contributed by atoms with Crippen LogP contribution in [-0.4, -0.2) is 4.57 Å². The first kappa shape index (κ1) is 11.2. The normalized spacial score (nSPS) is 13.0. The molecule has 1 atom stereocenters. The maximum Gasteiger partial charge on any atom is 0.255 e. The first-order valence-corrected chi connectivity index (χ1v) is 5.43. The van der Waals surface area contributed by atoms with Gasteiger partial charge in [-0.05, 0) is 30.5 Å². The van der Waals surface area contributed by atoms with Gasteiger partial charge in [0.1, 0.15) is 0 Å². The van der Waals surface area contributed by atoms with E-state index >= 15 is 0 Å². The minimum Gasteiger partial charge on any atom is -0.324 e. The Balaban J connectivity index is 2.88. The number of pyridine rings is 1. The first-order valence-electron chi connectivity index (χ1n) is 5.05. The van der Waals surface area contributed by atoms with E-state index in [1.807, 2.05) is 12.1 Å². The summed E-state index contributed by atoms with van der Waals surface area (Å²) in [6.45, 7) is 1.80. The van der Waals surface area contributed by atoms with Crippen LogP contribution >= 0.6 is 11.6 Å². The van der Waals surface area contributed by atoms with Gasteiger partial charge in [0.05, 0.1) is 5.52 Å². The molecule has 0 spiro atoms. The van der Waals surface area contributed by atoms with E-state index < -0.39 is 0 Å². The summed E-state index contributed by atoms with van der Waals surface area (Å²) in [6, 6.07) is 7.04. The van der Waals surface area contributed by atoms with Gasteiger partial charge in [0.25, 0.3) is 5.56 Å². The molecule has 4 heteroatoms. The van der Waals surface area contributed by atoms with Gasteiger partial charge in [-0.15, -0.1) is 0 Å². The highest BCUT2D eigenvalue weighted by molar-refractivity contribution is 6.31. The molecule has 0 fully saturated rings. The molecule has 0 saturated heterocycles.